The van der Waals surface area contributed by atoms with Crippen LogP contribution in [0.1, 0.15) is 70.4 Å². The molecule has 4 fully saturated rings. The Labute approximate surface area is 396 Å². The van der Waals surface area contributed by atoms with Crippen LogP contribution in [0.25, 0.3) is 0 Å². The molecular weight excluding hydrogens is 936 g/mol. The molecular formula is C46H55Cl2F2N7O7S2. The number of carbonyl (C=O) groups excluding carboxylic acids is 2. The fraction of sp³-hybridized carbons (Fsp3) is 0.435. The standard InChI is InChI=1S/C23H28ClFN4O3S.C23H27ClFN3O4S/c24-21-14-20(8-9-22(21)25)29(16-17-4-6-18(7-5-17)23(30)15-26)33(31,32)28-12-10-27(11-13-28)19-2-1-3-19;1-32-23(29)18-7-5-17(6-8-18)16-28(20-9-10-22(25)21(24)15-20)33(30,31)27-13-11-26(12-14-27)19-3-2-4-19/h4-9,14,19H,1-3,10-13,15-16,26H2;5-10,15,19H,2-4,11-14,16H2,1H3. The monoisotopic (exact) mass is 989 g/mol. The maximum atomic E-state index is 13.8. The second-order valence-electron chi connectivity index (χ2n) is 16.8. The van der Waals surface area contributed by atoms with Gasteiger partial charge in [-0.15, -0.1) is 0 Å². The Morgan fingerprint density at radius 1 is 0.621 bits per heavy atom. The molecule has 2 saturated heterocycles. The molecule has 0 spiro atoms. The number of ketones is 1. The summed E-state index contributed by atoms with van der Waals surface area (Å²) in [6, 6.07) is 22.1. The zero-order valence-electron chi connectivity index (χ0n) is 36.7. The minimum Gasteiger partial charge on any atom is -0.465 e. The van der Waals surface area contributed by atoms with Crippen molar-refractivity contribution < 1.29 is 39.9 Å². The van der Waals surface area contributed by atoms with Crippen LogP contribution in [0.15, 0.2) is 84.9 Å². The number of Topliss-reactive ketones (excluding diaryl/α,β-unsaturated/α-hetero) is 1. The van der Waals surface area contributed by atoms with E-state index in [9.17, 15) is 35.2 Å². The van der Waals surface area contributed by atoms with Crippen LogP contribution < -0.4 is 14.3 Å². The average Bonchev–Trinajstić information content (AvgIpc) is 3.28. The van der Waals surface area contributed by atoms with Crippen LogP contribution in [0.2, 0.25) is 10.0 Å². The normalized spacial score (nSPS) is 18.1. The van der Waals surface area contributed by atoms with E-state index in [-0.39, 0.29) is 46.8 Å². The van der Waals surface area contributed by atoms with Crippen molar-refractivity contribution in [1.29, 1.82) is 0 Å². The number of rotatable bonds is 15. The van der Waals surface area contributed by atoms with E-state index in [1.165, 1.54) is 87.1 Å². The summed E-state index contributed by atoms with van der Waals surface area (Å²) in [7, 11) is -6.51. The van der Waals surface area contributed by atoms with Gasteiger partial charge in [-0.3, -0.25) is 23.2 Å². The van der Waals surface area contributed by atoms with Gasteiger partial charge in [0, 0.05) is 70.0 Å². The van der Waals surface area contributed by atoms with Gasteiger partial charge < -0.3 is 10.5 Å². The van der Waals surface area contributed by atoms with Crippen molar-refractivity contribution in [3.63, 3.8) is 0 Å². The lowest BCUT2D eigenvalue weighted by Gasteiger charge is -2.43. The van der Waals surface area contributed by atoms with Crippen molar-refractivity contribution in [2.24, 2.45) is 5.73 Å². The summed E-state index contributed by atoms with van der Waals surface area (Å²) in [6.07, 6.45) is 7.17. The topological polar surface area (TPSA) is 157 Å². The summed E-state index contributed by atoms with van der Waals surface area (Å²) in [5.74, 6) is -1.90. The molecule has 2 aliphatic heterocycles. The van der Waals surface area contributed by atoms with Crippen molar-refractivity contribution in [2.75, 3.05) is 74.6 Å². The first-order valence-corrected chi connectivity index (χ1v) is 25.6. The predicted molar refractivity (Wildman–Crippen MR) is 252 cm³/mol. The highest BCUT2D eigenvalue weighted by molar-refractivity contribution is 7.90. The highest BCUT2D eigenvalue weighted by atomic mass is 35.5. The van der Waals surface area contributed by atoms with Crippen LogP contribution in [0.5, 0.6) is 0 Å². The van der Waals surface area contributed by atoms with Crippen molar-refractivity contribution in [3.8, 4) is 0 Å². The summed E-state index contributed by atoms with van der Waals surface area (Å²) in [4.78, 5) is 28.3. The highest BCUT2D eigenvalue weighted by Gasteiger charge is 2.37. The van der Waals surface area contributed by atoms with E-state index in [0.717, 1.165) is 12.1 Å². The number of halogens is 4. The third kappa shape index (κ3) is 11.5. The third-order valence-electron chi connectivity index (χ3n) is 12.8. The highest BCUT2D eigenvalue weighted by Crippen LogP contribution is 2.32. The van der Waals surface area contributed by atoms with Gasteiger partial charge in [0.2, 0.25) is 0 Å². The van der Waals surface area contributed by atoms with Gasteiger partial charge in [-0.1, -0.05) is 72.4 Å². The number of hydrogen-bond donors (Lipinski definition) is 1. The molecule has 4 aliphatic rings. The van der Waals surface area contributed by atoms with Gasteiger partial charge in [-0.2, -0.15) is 25.4 Å². The van der Waals surface area contributed by atoms with Crippen molar-refractivity contribution in [2.45, 2.75) is 63.7 Å². The predicted octanol–water partition coefficient (Wildman–Crippen LogP) is 6.73. The lowest BCUT2D eigenvalue weighted by atomic mass is 9.91. The Bertz CT molecular complexity index is 2380. The molecule has 20 heteroatoms. The van der Waals surface area contributed by atoms with E-state index in [1.54, 1.807) is 48.5 Å². The Morgan fingerprint density at radius 3 is 1.32 bits per heavy atom. The molecule has 2 aliphatic carbocycles. The molecule has 0 amide bonds. The van der Waals surface area contributed by atoms with E-state index < -0.39 is 38.0 Å². The zero-order chi connectivity index (χ0) is 47.2. The minimum absolute atomic E-state index is 0.00852. The molecule has 0 atom stereocenters. The molecule has 0 unspecified atom stereocenters. The van der Waals surface area contributed by atoms with Crippen LogP contribution >= 0.6 is 23.2 Å². The molecule has 356 valence electrons. The average molecular weight is 991 g/mol. The Balaban J connectivity index is 0.000000196. The van der Waals surface area contributed by atoms with Crippen LogP contribution in [0.3, 0.4) is 0 Å². The lowest BCUT2D eigenvalue weighted by molar-refractivity contribution is 0.0600. The molecule has 4 aromatic carbocycles. The van der Waals surface area contributed by atoms with E-state index in [4.69, 9.17) is 33.7 Å². The number of hydrogen-bond acceptors (Lipinski definition) is 10. The van der Waals surface area contributed by atoms with Gasteiger partial charge in [0.05, 0.1) is 53.7 Å². The van der Waals surface area contributed by atoms with Crippen molar-refractivity contribution in [1.82, 2.24) is 18.4 Å². The van der Waals surface area contributed by atoms with E-state index in [2.05, 4.69) is 9.80 Å². The first-order chi connectivity index (χ1) is 31.6. The van der Waals surface area contributed by atoms with Gasteiger partial charge in [0.15, 0.2) is 5.78 Å². The summed E-state index contributed by atoms with van der Waals surface area (Å²) >= 11 is 12.0. The fourth-order valence-corrected chi connectivity index (χ4v) is 11.9. The second-order valence-corrected chi connectivity index (χ2v) is 21.3. The van der Waals surface area contributed by atoms with Crippen LogP contribution in [0.4, 0.5) is 20.2 Å². The summed E-state index contributed by atoms with van der Waals surface area (Å²) in [5.41, 5.74) is 8.16. The van der Waals surface area contributed by atoms with Gasteiger partial charge >= 0.3 is 26.4 Å². The number of benzene rings is 4. The molecule has 14 nitrogen and oxygen atoms in total. The van der Waals surface area contributed by atoms with Gasteiger partial charge in [-0.05, 0) is 85.3 Å². The molecule has 2 N–H and O–H groups in total. The number of anilines is 2. The van der Waals surface area contributed by atoms with E-state index in [1.807, 2.05) is 0 Å². The fourth-order valence-electron chi connectivity index (χ4n) is 8.38. The van der Waals surface area contributed by atoms with E-state index in [0.29, 0.717) is 86.7 Å². The zero-order valence-corrected chi connectivity index (χ0v) is 39.8. The lowest BCUT2D eigenvalue weighted by Crippen LogP contribution is -2.56. The van der Waals surface area contributed by atoms with Crippen LogP contribution in [-0.4, -0.2) is 125 Å². The maximum absolute atomic E-state index is 13.8. The van der Waals surface area contributed by atoms with E-state index >= 15 is 0 Å². The van der Waals surface area contributed by atoms with Gasteiger partial charge in [0.25, 0.3) is 0 Å². The molecule has 0 radical (unpaired) electrons. The van der Waals surface area contributed by atoms with Crippen LogP contribution in [0, 0.1) is 11.6 Å². The van der Waals surface area contributed by atoms with Crippen LogP contribution in [-0.2, 0) is 38.2 Å². The number of nitrogens with zero attached hydrogens (tertiary/aromatic N) is 6. The Hall–Kier alpha value is -4.24. The summed E-state index contributed by atoms with van der Waals surface area (Å²) in [5, 5.41) is -0.296. The number of nitrogens with two attached hydrogens (primary N) is 1. The largest absolute Gasteiger partial charge is 0.465 e. The first-order valence-electron chi connectivity index (χ1n) is 22.0. The number of carbonyl (C=O) groups is 2. The maximum Gasteiger partial charge on any atom is 0.337 e. The van der Waals surface area contributed by atoms with Gasteiger partial charge in [0.1, 0.15) is 11.6 Å². The quantitative estimate of drug-likeness (QED) is 0.100. The number of esters is 1. The summed E-state index contributed by atoms with van der Waals surface area (Å²) < 4.78 is 92.5. The minimum atomic E-state index is -3.91. The molecule has 0 aromatic heterocycles. The van der Waals surface area contributed by atoms with Crippen molar-refractivity contribution >= 4 is 66.7 Å². The molecule has 0 bridgehead atoms. The third-order valence-corrected chi connectivity index (χ3v) is 17.2. The Morgan fingerprint density at radius 2 is 1.00 bits per heavy atom. The molecule has 66 heavy (non-hydrogen) atoms. The molecule has 2 heterocycles. The van der Waals surface area contributed by atoms with Gasteiger partial charge in [-0.25, -0.2) is 13.6 Å². The molecule has 4 aromatic rings. The molecule has 8 rings (SSSR count). The number of methoxy groups -OCH3 is 1. The first kappa shape index (κ1) is 49.7. The SMILES string of the molecule is COC(=O)c1ccc(CN(c2ccc(F)c(Cl)c2)S(=O)(=O)N2CCN(C3CCC3)CC2)cc1.NCC(=O)c1ccc(CN(c2ccc(F)c(Cl)c2)S(=O)(=O)N2CCN(C3CCC3)CC2)cc1. The number of piperazine rings is 2. The molecule has 2 saturated carbocycles. The van der Waals surface area contributed by atoms with Crippen molar-refractivity contribution in [3.05, 3.63) is 129 Å². The second kappa shape index (κ2) is 21.8. The Kier molecular flexibility index (Phi) is 16.4. The smallest absolute Gasteiger partial charge is 0.337 e. The number of ether oxygens (including phenoxy) is 1. The summed E-state index contributed by atoms with van der Waals surface area (Å²) in [6.45, 7) is 4.28.